The fraction of sp³-hybridized carbons (Fsp3) is 0.462. The minimum absolute atomic E-state index is 0.0863. The lowest BCUT2D eigenvalue weighted by atomic mass is 10.1. The molecule has 0 unspecified atom stereocenters. The highest BCUT2D eigenvalue weighted by molar-refractivity contribution is 5.78. The Balaban J connectivity index is 1.78. The van der Waals surface area contributed by atoms with Crippen molar-refractivity contribution in [2.75, 3.05) is 32.8 Å². The van der Waals surface area contributed by atoms with E-state index in [2.05, 4.69) is 10.2 Å². The molecular formula is C13H16N2O3. The first kappa shape index (κ1) is 11.3. The zero-order valence-corrected chi connectivity index (χ0v) is 10.1. The Morgan fingerprint density at radius 2 is 2.17 bits per heavy atom. The number of amides is 1. The Morgan fingerprint density at radius 1 is 1.28 bits per heavy atom. The molecule has 1 aromatic carbocycles. The molecule has 0 radical (unpaired) electrons. The fourth-order valence-electron chi connectivity index (χ4n) is 2.33. The third-order valence-corrected chi connectivity index (χ3v) is 3.16. The summed E-state index contributed by atoms with van der Waals surface area (Å²) in [6.45, 7) is 3.94. The molecule has 0 spiro atoms. The van der Waals surface area contributed by atoms with Crippen LogP contribution < -0.4 is 14.8 Å². The van der Waals surface area contributed by atoms with Gasteiger partial charge in [0.15, 0.2) is 11.5 Å². The van der Waals surface area contributed by atoms with Crippen LogP contribution in [0.4, 0.5) is 0 Å². The van der Waals surface area contributed by atoms with Crippen LogP contribution in [0.5, 0.6) is 11.5 Å². The summed E-state index contributed by atoms with van der Waals surface area (Å²) in [4.78, 5) is 13.5. The van der Waals surface area contributed by atoms with Crippen molar-refractivity contribution < 1.29 is 14.3 Å². The van der Waals surface area contributed by atoms with E-state index in [-0.39, 0.29) is 5.91 Å². The van der Waals surface area contributed by atoms with Gasteiger partial charge in [-0.2, -0.15) is 0 Å². The number of carbonyl (C=O) groups is 1. The van der Waals surface area contributed by atoms with Crippen LogP contribution in [0, 0.1) is 0 Å². The Labute approximate surface area is 106 Å². The number of hydrogen-bond acceptors (Lipinski definition) is 4. The third-order valence-electron chi connectivity index (χ3n) is 3.16. The number of nitrogens with zero attached hydrogens (tertiary/aromatic N) is 1. The van der Waals surface area contributed by atoms with Gasteiger partial charge in [-0.05, 0) is 6.07 Å². The van der Waals surface area contributed by atoms with Gasteiger partial charge in [0.05, 0.1) is 6.54 Å². The Bertz CT molecular complexity index is 462. The lowest BCUT2D eigenvalue weighted by molar-refractivity contribution is -0.124. The number of nitrogens with one attached hydrogen (secondary N) is 1. The second-order valence-corrected chi connectivity index (χ2v) is 4.50. The zero-order chi connectivity index (χ0) is 12.4. The predicted molar refractivity (Wildman–Crippen MR) is 65.7 cm³/mol. The van der Waals surface area contributed by atoms with E-state index in [1.165, 1.54) is 0 Å². The van der Waals surface area contributed by atoms with Crippen molar-refractivity contribution in [2.24, 2.45) is 0 Å². The van der Waals surface area contributed by atoms with Gasteiger partial charge in [0.2, 0.25) is 5.91 Å². The maximum atomic E-state index is 11.3. The molecule has 2 aliphatic rings. The number of piperazine rings is 1. The first-order chi connectivity index (χ1) is 8.83. The van der Waals surface area contributed by atoms with Gasteiger partial charge in [0.25, 0.3) is 0 Å². The number of rotatable bonds is 2. The van der Waals surface area contributed by atoms with Crippen LogP contribution in [0.3, 0.4) is 0 Å². The van der Waals surface area contributed by atoms with E-state index in [1.807, 2.05) is 18.2 Å². The normalized spacial score (nSPS) is 19.4. The minimum Gasteiger partial charge on any atom is -0.486 e. The average molecular weight is 248 g/mol. The van der Waals surface area contributed by atoms with Gasteiger partial charge in [-0.15, -0.1) is 0 Å². The average Bonchev–Trinajstić information content (AvgIpc) is 2.39. The molecule has 0 aromatic heterocycles. The molecule has 96 valence electrons. The molecule has 2 heterocycles. The molecule has 1 amide bonds. The second kappa shape index (κ2) is 4.86. The standard InChI is InChI=1S/C13H16N2O3/c16-12-9-15(5-4-14-12)8-10-2-1-3-11-13(10)18-7-6-17-11/h1-3H,4-9H2,(H,14,16). The lowest BCUT2D eigenvalue weighted by Gasteiger charge is -2.28. The van der Waals surface area contributed by atoms with Gasteiger partial charge in [-0.25, -0.2) is 0 Å². The monoisotopic (exact) mass is 248 g/mol. The van der Waals surface area contributed by atoms with E-state index >= 15 is 0 Å². The van der Waals surface area contributed by atoms with E-state index < -0.39 is 0 Å². The van der Waals surface area contributed by atoms with E-state index in [0.29, 0.717) is 26.3 Å². The van der Waals surface area contributed by atoms with Crippen molar-refractivity contribution in [3.05, 3.63) is 23.8 Å². The van der Waals surface area contributed by atoms with E-state index in [9.17, 15) is 4.79 Å². The van der Waals surface area contributed by atoms with Crippen molar-refractivity contribution in [1.29, 1.82) is 0 Å². The highest BCUT2D eigenvalue weighted by atomic mass is 16.6. The number of ether oxygens (including phenoxy) is 2. The summed E-state index contributed by atoms with van der Waals surface area (Å²) in [5.74, 6) is 1.72. The summed E-state index contributed by atoms with van der Waals surface area (Å²) in [5, 5.41) is 2.82. The highest BCUT2D eigenvalue weighted by Gasteiger charge is 2.20. The first-order valence-electron chi connectivity index (χ1n) is 6.19. The quantitative estimate of drug-likeness (QED) is 0.822. The molecule has 1 N–H and O–H groups in total. The molecule has 0 aliphatic carbocycles. The summed E-state index contributed by atoms with van der Waals surface area (Å²) in [7, 11) is 0. The maximum Gasteiger partial charge on any atom is 0.234 e. The summed E-state index contributed by atoms with van der Waals surface area (Å²) in [6, 6.07) is 5.91. The van der Waals surface area contributed by atoms with Crippen LogP contribution in [0.2, 0.25) is 0 Å². The first-order valence-corrected chi connectivity index (χ1v) is 6.19. The van der Waals surface area contributed by atoms with Crippen LogP contribution in [0.15, 0.2) is 18.2 Å². The number of benzene rings is 1. The molecule has 3 rings (SSSR count). The molecule has 5 heteroatoms. The van der Waals surface area contributed by atoms with Gasteiger partial charge in [0, 0.05) is 25.2 Å². The van der Waals surface area contributed by atoms with Gasteiger partial charge in [-0.3, -0.25) is 9.69 Å². The van der Waals surface area contributed by atoms with Gasteiger partial charge < -0.3 is 14.8 Å². The molecule has 18 heavy (non-hydrogen) atoms. The largest absolute Gasteiger partial charge is 0.486 e. The molecule has 0 bridgehead atoms. The molecule has 0 atom stereocenters. The Morgan fingerprint density at radius 3 is 3.06 bits per heavy atom. The molecule has 5 nitrogen and oxygen atoms in total. The SMILES string of the molecule is O=C1CN(Cc2cccc3c2OCCO3)CCN1. The van der Waals surface area contributed by atoms with Crippen molar-refractivity contribution in [1.82, 2.24) is 10.2 Å². The van der Waals surface area contributed by atoms with Crippen LogP contribution in [-0.2, 0) is 11.3 Å². The Hall–Kier alpha value is -1.75. The van der Waals surface area contributed by atoms with Crippen molar-refractivity contribution in [3.8, 4) is 11.5 Å². The fourth-order valence-corrected chi connectivity index (χ4v) is 2.33. The Kier molecular flexibility index (Phi) is 3.06. The van der Waals surface area contributed by atoms with Crippen LogP contribution in [0.1, 0.15) is 5.56 Å². The summed E-state index contributed by atoms with van der Waals surface area (Å²) in [6.07, 6.45) is 0. The smallest absolute Gasteiger partial charge is 0.234 e. The van der Waals surface area contributed by atoms with Crippen LogP contribution >= 0.6 is 0 Å². The molecule has 1 saturated heterocycles. The summed E-state index contributed by atoms with van der Waals surface area (Å²) >= 11 is 0. The predicted octanol–water partition coefficient (Wildman–Crippen LogP) is 0.390. The molecule has 0 saturated carbocycles. The summed E-state index contributed by atoms with van der Waals surface area (Å²) < 4.78 is 11.2. The van der Waals surface area contributed by atoms with Gasteiger partial charge in [-0.1, -0.05) is 12.1 Å². The number of carbonyl (C=O) groups excluding carboxylic acids is 1. The highest BCUT2D eigenvalue weighted by Crippen LogP contribution is 2.34. The van der Waals surface area contributed by atoms with Crippen LogP contribution in [-0.4, -0.2) is 43.7 Å². The van der Waals surface area contributed by atoms with Crippen molar-refractivity contribution in [3.63, 3.8) is 0 Å². The number of hydrogen-bond donors (Lipinski definition) is 1. The second-order valence-electron chi connectivity index (χ2n) is 4.50. The minimum atomic E-state index is 0.0863. The van der Waals surface area contributed by atoms with E-state index in [0.717, 1.165) is 30.2 Å². The topological polar surface area (TPSA) is 50.8 Å². The molecule has 2 aliphatic heterocycles. The number of fused-ring (bicyclic) bond motifs is 1. The zero-order valence-electron chi connectivity index (χ0n) is 10.1. The molecule has 1 aromatic rings. The van der Waals surface area contributed by atoms with Gasteiger partial charge >= 0.3 is 0 Å². The molecular weight excluding hydrogens is 232 g/mol. The lowest BCUT2D eigenvalue weighted by Crippen LogP contribution is -2.47. The third kappa shape index (κ3) is 2.26. The van der Waals surface area contributed by atoms with E-state index in [4.69, 9.17) is 9.47 Å². The van der Waals surface area contributed by atoms with Crippen molar-refractivity contribution in [2.45, 2.75) is 6.54 Å². The maximum absolute atomic E-state index is 11.3. The van der Waals surface area contributed by atoms with Crippen LogP contribution in [0.25, 0.3) is 0 Å². The van der Waals surface area contributed by atoms with Crippen molar-refractivity contribution >= 4 is 5.91 Å². The molecule has 1 fully saturated rings. The van der Waals surface area contributed by atoms with Gasteiger partial charge in [0.1, 0.15) is 13.2 Å². The van der Waals surface area contributed by atoms with E-state index in [1.54, 1.807) is 0 Å². The summed E-state index contributed by atoms with van der Waals surface area (Å²) in [5.41, 5.74) is 1.09. The number of para-hydroxylation sites is 1.